The third-order valence-electron chi connectivity index (χ3n) is 11.1. The fraction of sp³-hybridized carbons (Fsp3) is 0.102. The summed E-state index contributed by atoms with van der Waals surface area (Å²) in [7, 11) is 0. The molecule has 0 bridgehead atoms. The molecule has 1 aromatic heterocycles. The Morgan fingerprint density at radius 2 is 1.25 bits per heavy atom. The molecule has 1 heterocycles. The van der Waals surface area contributed by atoms with Gasteiger partial charge in [-0.1, -0.05) is 141 Å². The average Bonchev–Trinajstić information content (AvgIpc) is 3.67. The largest absolute Gasteiger partial charge is 0.310 e. The van der Waals surface area contributed by atoms with E-state index in [4.69, 9.17) is 0 Å². The van der Waals surface area contributed by atoms with E-state index in [0.717, 1.165) is 24.2 Å². The lowest BCUT2D eigenvalue weighted by Crippen LogP contribution is -2.15. The summed E-state index contributed by atoms with van der Waals surface area (Å²) in [6.07, 6.45) is 9.12. The van der Waals surface area contributed by atoms with E-state index in [0.29, 0.717) is 0 Å². The van der Waals surface area contributed by atoms with E-state index in [1.165, 1.54) is 81.1 Å². The summed E-state index contributed by atoms with van der Waals surface area (Å²) >= 11 is 1.93. The van der Waals surface area contributed by atoms with Crippen molar-refractivity contribution in [3.8, 4) is 22.3 Å². The van der Waals surface area contributed by atoms with Crippen LogP contribution < -0.4 is 4.90 Å². The Morgan fingerprint density at radius 3 is 2.06 bits per heavy atom. The van der Waals surface area contributed by atoms with Crippen molar-refractivity contribution in [2.45, 2.75) is 32.1 Å². The fourth-order valence-electron chi connectivity index (χ4n) is 8.46. The van der Waals surface area contributed by atoms with E-state index in [1.54, 1.807) is 0 Å². The standard InChI is InChI=1S/C49H37NS/c1-49(2)43-29-27-38(31-42(43)47-44(49)30-28-41-40-16-8-9-18-46(40)51-48(41)47)50(45-17-10-14-36-13-6-7-15-39(36)45)37-25-23-35(24-26-37)34-21-19-33(20-22-34)32-11-4-3-5-12-32/h4,6-31H,3,5H2,1-2H3. The predicted molar refractivity (Wildman–Crippen MR) is 221 cm³/mol. The van der Waals surface area contributed by atoms with Gasteiger partial charge in [-0.2, -0.15) is 0 Å². The first-order valence-corrected chi connectivity index (χ1v) is 18.8. The van der Waals surface area contributed by atoms with Gasteiger partial charge in [0.05, 0.1) is 5.69 Å². The third-order valence-corrected chi connectivity index (χ3v) is 12.3. The van der Waals surface area contributed by atoms with Crippen molar-refractivity contribution in [3.63, 3.8) is 0 Å². The van der Waals surface area contributed by atoms with Crippen molar-refractivity contribution in [2.24, 2.45) is 0 Å². The highest BCUT2D eigenvalue weighted by atomic mass is 32.1. The normalized spacial score (nSPS) is 14.5. The van der Waals surface area contributed by atoms with Gasteiger partial charge in [-0.25, -0.2) is 0 Å². The number of benzene rings is 7. The van der Waals surface area contributed by atoms with Crippen LogP contribution in [0.4, 0.5) is 17.1 Å². The van der Waals surface area contributed by atoms with E-state index < -0.39 is 0 Å². The molecule has 244 valence electrons. The average molecular weight is 672 g/mol. The van der Waals surface area contributed by atoms with Gasteiger partial charge in [-0.3, -0.25) is 0 Å². The Kier molecular flexibility index (Phi) is 6.91. The molecule has 0 unspecified atom stereocenters. The zero-order valence-electron chi connectivity index (χ0n) is 28.9. The third kappa shape index (κ3) is 4.82. The zero-order chi connectivity index (χ0) is 34.1. The smallest absolute Gasteiger partial charge is 0.0540 e. The molecule has 2 heteroatoms. The van der Waals surface area contributed by atoms with Crippen LogP contribution in [-0.4, -0.2) is 0 Å². The molecule has 51 heavy (non-hydrogen) atoms. The van der Waals surface area contributed by atoms with Crippen molar-refractivity contribution in [2.75, 3.05) is 4.90 Å². The second kappa shape index (κ2) is 11.7. The molecule has 0 N–H and O–H groups in total. The molecule has 8 aromatic rings. The second-order valence-corrected chi connectivity index (χ2v) is 15.5. The minimum absolute atomic E-state index is 0.0845. The molecule has 0 fully saturated rings. The number of allylic oxidation sites excluding steroid dienone is 4. The predicted octanol–water partition coefficient (Wildman–Crippen LogP) is 14.4. The van der Waals surface area contributed by atoms with Gasteiger partial charge in [0.1, 0.15) is 0 Å². The summed E-state index contributed by atoms with van der Waals surface area (Å²) in [6.45, 7) is 4.76. The van der Waals surface area contributed by atoms with Gasteiger partial charge in [0.15, 0.2) is 0 Å². The van der Waals surface area contributed by atoms with Crippen molar-refractivity contribution in [3.05, 3.63) is 181 Å². The molecule has 0 saturated heterocycles. The van der Waals surface area contributed by atoms with Gasteiger partial charge in [0.2, 0.25) is 0 Å². The number of rotatable bonds is 5. The molecule has 0 amide bonds. The summed E-state index contributed by atoms with van der Waals surface area (Å²) in [5, 5.41) is 5.17. The molecule has 7 aromatic carbocycles. The van der Waals surface area contributed by atoms with Crippen LogP contribution in [0.15, 0.2) is 164 Å². The molecule has 10 rings (SSSR count). The second-order valence-electron chi connectivity index (χ2n) is 14.4. The fourth-order valence-corrected chi connectivity index (χ4v) is 9.73. The Bertz CT molecular complexity index is 2700. The first kappa shape index (κ1) is 30.2. The number of hydrogen-bond donors (Lipinski definition) is 0. The van der Waals surface area contributed by atoms with E-state index in [1.807, 2.05) is 11.3 Å². The molecule has 2 aliphatic carbocycles. The molecule has 0 spiro atoms. The molecule has 2 aliphatic rings. The van der Waals surface area contributed by atoms with Gasteiger partial charge < -0.3 is 4.90 Å². The molecular weight excluding hydrogens is 635 g/mol. The Labute approximate surface area is 303 Å². The van der Waals surface area contributed by atoms with Crippen LogP contribution in [0.5, 0.6) is 0 Å². The van der Waals surface area contributed by atoms with E-state index in [2.05, 4.69) is 183 Å². The van der Waals surface area contributed by atoms with Gasteiger partial charge >= 0.3 is 0 Å². The van der Waals surface area contributed by atoms with Gasteiger partial charge in [-0.05, 0) is 93.6 Å². The monoisotopic (exact) mass is 671 g/mol. The quantitative estimate of drug-likeness (QED) is 0.176. The maximum Gasteiger partial charge on any atom is 0.0540 e. The van der Waals surface area contributed by atoms with Crippen LogP contribution in [0.25, 0.3) is 58.8 Å². The van der Waals surface area contributed by atoms with Crippen LogP contribution in [0.1, 0.15) is 43.4 Å². The van der Waals surface area contributed by atoms with Crippen molar-refractivity contribution in [1.82, 2.24) is 0 Å². The van der Waals surface area contributed by atoms with Crippen LogP contribution in [0.3, 0.4) is 0 Å². The number of thiophene rings is 1. The molecule has 1 nitrogen and oxygen atoms in total. The van der Waals surface area contributed by atoms with Crippen molar-refractivity contribution in [1.29, 1.82) is 0 Å². The van der Waals surface area contributed by atoms with Crippen LogP contribution >= 0.6 is 11.3 Å². The summed E-state index contributed by atoms with van der Waals surface area (Å²) in [4.78, 5) is 2.45. The summed E-state index contributed by atoms with van der Waals surface area (Å²) in [5.41, 5.74) is 14.0. The lowest BCUT2D eigenvalue weighted by molar-refractivity contribution is 0.661. The highest BCUT2D eigenvalue weighted by Gasteiger charge is 2.37. The number of anilines is 3. The molecular formula is C49H37NS. The van der Waals surface area contributed by atoms with Crippen LogP contribution in [0, 0.1) is 0 Å². The lowest BCUT2D eigenvalue weighted by atomic mass is 9.82. The van der Waals surface area contributed by atoms with Crippen molar-refractivity contribution >= 4 is 64.9 Å². The Morgan fingerprint density at radius 1 is 0.569 bits per heavy atom. The number of nitrogens with zero attached hydrogens (tertiary/aromatic N) is 1. The molecule has 0 saturated carbocycles. The zero-order valence-corrected chi connectivity index (χ0v) is 29.7. The Balaban J connectivity index is 1.12. The minimum atomic E-state index is -0.0845. The molecule has 0 atom stereocenters. The maximum atomic E-state index is 2.45. The summed E-state index contributed by atoms with van der Waals surface area (Å²) < 4.78 is 2.74. The lowest BCUT2D eigenvalue weighted by Gasteiger charge is -2.28. The first-order valence-electron chi connectivity index (χ1n) is 18.0. The van der Waals surface area contributed by atoms with Crippen LogP contribution in [0.2, 0.25) is 0 Å². The maximum absolute atomic E-state index is 2.45. The first-order chi connectivity index (χ1) is 25.0. The summed E-state index contributed by atoms with van der Waals surface area (Å²) in [6, 6.07) is 54.3. The highest BCUT2D eigenvalue weighted by molar-refractivity contribution is 7.26. The SMILES string of the molecule is CC1(C)c2ccc(N(c3ccc(-c4ccc(C5=CCCC=C5)cc4)cc3)c3cccc4ccccc34)cc2-c2c1ccc1c2sc2ccccc21. The van der Waals surface area contributed by atoms with Gasteiger partial charge in [-0.15, -0.1) is 11.3 Å². The highest BCUT2D eigenvalue weighted by Crippen LogP contribution is 2.55. The van der Waals surface area contributed by atoms with E-state index in [9.17, 15) is 0 Å². The van der Waals surface area contributed by atoms with E-state index >= 15 is 0 Å². The van der Waals surface area contributed by atoms with E-state index in [-0.39, 0.29) is 5.41 Å². The summed E-state index contributed by atoms with van der Waals surface area (Å²) in [5.74, 6) is 0. The molecule has 0 aliphatic heterocycles. The topological polar surface area (TPSA) is 3.24 Å². The Hall–Kier alpha value is -5.70. The van der Waals surface area contributed by atoms with Crippen LogP contribution in [-0.2, 0) is 5.41 Å². The minimum Gasteiger partial charge on any atom is -0.310 e. The molecule has 0 radical (unpaired) electrons. The van der Waals surface area contributed by atoms with Crippen molar-refractivity contribution < 1.29 is 0 Å². The van der Waals surface area contributed by atoms with Gasteiger partial charge in [0.25, 0.3) is 0 Å². The number of fused-ring (bicyclic) bond motifs is 8. The number of hydrogen-bond acceptors (Lipinski definition) is 2. The van der Waals surface area contributed by atoms with Gasteiger partial charge in [0, 0.05) is 47.9 Å².